The van der Waals surface area contributed by atoms with Crippen molar-refractivity contribution in [3.8, 4) is 0 Å². The number of carbonyl (C=O) groups is 2. The van der Waals surface area contributed by atoms with E-state index in [2.05, 4.69) is 0 Å². The number of rotatable bonds is 2. The molecule has 0 aromatic carbocycles. The van der Waals surface area contributed by atoms with Crippen molar-refractivity contribution in [1.82, 2.24) is 4.90 Å². The van der Waals surface area contributed by atoms with Crippen LogP contribution in [0.2, 0.25) is 0 Å². The first kappa shape index (κ1) is 8.00. The van der Waals surface area contributed by atoms with Gasteiger partial charge in [-0.1, -0.05) is 0 Å². The van der Waals surface area contributed by atoms with E-state index in [0.29, 0.717) is 12.8 Å². The molecule has 5 nitrogen and oxygen atoms in total. The van der Waals surface area contributed by atoms with Gasteiger partial charge in [-0.15, -0.1) is 0 Å². The molecule has 0 aliphatic carbocycles. The Morgan fingerprint density at radius 2 is 2.45 bits per heavy atom. The molecule has 0 spiro atoms. The Morgan fingerprint density at radius 1 is 1.82 bits per heavy atom. The van der Waals surface area contributed by atoms with Gasteiger partial charge in [-0.25, -0.2) is 0 Å². The van der Waals surface area contributed by atoms with Gasteiger partial charge in [0.25, 0.3) is 0 Å². The lowest BCUT2D eigenvalue weighted by Crippen LogP contribution is -2.42. The molecule has 1 rings (SSSR count). The third-order valence-electron chi connectivity index (χ3n) is 1.68. The summed E-state index contributed by atoms with van der Waals surface area (Å²) in [5, 5.41) is 8.36. The number of hydrogen-bond acceptors (Lipinski definition) is 3. The first-order valence-corrected chi connectivity index (χ1v) is 3.38. The monoisotopic (exact) mass is 158 g/mol. The molecule has 1 fully saturated rings. The predicted molar refractivity (Wildman–Crippen MR) is 36.6 cm³/mol. The number of carboxylic acids is 1. The van der Waals surface area contributed by atoms with Crippen LogP contribution in [0.25, 0.3) is 0 Å². The lowest BCUT2D eigenvalue weighted by Gasteiger charge is -2.18. The Balaban J connectivity index is 2.54. The molecule has 1 atom stereocenters. The molecule has 0 bridgehead atoms. The Bertz CT molecular complexity index is 192. The Morgan fingerprint density at radius 3 is 2.82 bits per heavy atom. The van der Waals surface area contributed by atoms with Crippen LogP contribution in [0, 0.1) is 0 Å². The molecular weight excluding hydrogens is 148 g/mol. The van der Waals surface area contributed by atoms with Crippen LogP contribution in [0.1, 0.15) is 12.8 Å². The van der Waals surface area contributed by atoms with Gasteiger partial charge in [-0.2, -0.15) is 0 Å². The van der Waals surface area contributed by atoms with Gasteiger partial charge < -0.3 is 15.7 Å². The summed E-state index contributed by atoms with van der Waals surface area (Å²) in [6, 6.07) is 0. The molecule has 1 amide bonds. The molecule has 5 heteroatoms. The molecule has 1 unspecified atom stereocenters. The minimum Gasteiger partial charge on any atom is -0.480 e. The fourth-order valence-electron chi connectivity index (χ4n) is 1.11. The van der Waals surface area contributed by atoms with Crippen molar-refractivity contribution >= 4 is 11.9 Å². The third-order valence-corrected chi connectivity index (χ3v) is 1.68. The zero-order valence-electron chi connectivity index (χ0n) is 5.99. The quantitative estimate of drug-likeness (QED) is 0.538. The van der Waals surface area contributed by atoms with Crippen LogP contribution in [0.3, 0.4) is 0 Å². The van der Waals surface area contributed by atoms with Crippen molar-refractivity contribution in [3.05, 3.63) is 0 Å². The van der Waals surface area contributed by atoms with Crippen LogP contribution in [0.15, 0.2) is 0 Å². The second-order valence-electron chi connectivity index (χ2n) is 2.52. The molecular formula is C6H10N2O3. The SMILES string of the molecule is NC1CCC(=O)N1CC(=O)O. The number of amides is 1. The lowest BCUT2D eigenvalue weighted by molar-refractivity contribution is -0.143. The second-order valence-corrected chi connectivity index (χ2v) is 2.52. The standard InChI is InChI=1S/C6H10N2O3/c7-4-1-2-5(9)8(4)3-6(10)11/h4H,1-3,7H2,(H,10,11). The first-order valence-electron chi connectivity index (χ1n) is 3.38. The highest BCUT2D eigenvalue weighted by atomic mass is 16.4. The van der Waals surface area contributed by atoms with E-state index in [-0.39, 0.29) is 12.5 Å². The zero-order chi connectivity index (χ0) is 8.43. The van der Waals surface area contributed by atoms with Gasteiger partial charge in [-0.05, 0) is 6.42 Å². The van der Waals surface area contributed by atoms with Crippen LogP contribution in [-0.2, 0) is 9.59 Å². The zero-order valence-corrected chi connectivity index (χ0v) is 5.99. The number of likely N-dealkylation sites (tertiary alicyclic amines) is 1. The minimum atomic E-state index is -1.02. The molecule has 1 heterocycles. The van der Waals surface area contributed by atoms with Crippen LogP contribution in [0.4, 0.5) is 0 Å². The van der Waals surface area contributed by atoms with Crippen molar-refractivity contribution in [3.63, 3.8) is 0 Å². The average Bonchev–Trinajstić information content (AvgIpc) is 2.18. The molecule has 0 aromatic heterocycles. The van der Waals surface area contributed by atoms with E-state index >= 15 is 0 Å². The molecule has 0 radical (unpaired) electrons. The van der Waals surface area contributed by atoms with Gasteiger partial charge in [0.15, 0.2) is 0 Å². The minimum absolute atomic E-state index is 0.167. The highest BCUT2D eigenvalue weighted by Crippen LogP contribution is 2.13. The molecule has 62 valence electrons. The van der Waals surface area contributed by atoms with Crippen molar-refractivity contribution in [2.75, 3.05) is 6.54 Å². The van der Waals surface area contributed by atoms with Crippen LogP contribution in [-0.4, -0.2) is 34.6 Å². The topological polar surface area (TPSA) is 83.6 Å². The number of carboxylic acid groups (broad SMARTS) is 1. The summed E-state index contributed by atoms with van der Waals surface area (Å²) >= 11 is 0. The Labute approximate surface area is 63.8 Å². The highest BCUT2D eigenvalue weighted by molar-refractivity contribution is 5.83. The van der Waals surface area contributed by atoms with Crippen LogP contribution < -0.4 is 5.73 Å². The lowest BCUT2D eigenvalue weighted by atomic mass is 10.3. The molecule has 3 N–H and O–H groups in total. The Kier molecular flexibility index (Phi) is 2.09. The van der Waals surface area contributed by atoms with Crippen molar-refractivity contribution in [1.29, 1.82) is 0 Å². The van der Waals surface area contributed by atoms with E-state index in [0.717, 1.165) is 0 Å². The maximum atomic E-state index is 10.9. The molecule has 1 aliphatic heterocycles. The van der Waals surface area contributed by atoms with Crippen molar-refractivity contribution in [2.45, 2.75) is 19.0 Å². The summed E-state index contributed by atoms with van der Waals surface area (Å²) in [4.78, 5) is 22.3. The van der Waals surface area contributed by atoms with E-state index in [1.54, 1.807) is 0 Å². The predicted octanol–water partition coefficient (Wildman–Crippen LogP) is -1.02. The highest BCUT2D eigenvalue weighted by Gasteiger charge is 2.29. The summed E-state index contributed by atoms with van der Waals surface area (Å²) in [6.45, 7) is -0.278. The summed E-state index contributed by atoms with van der Waals surface area (Å²) in [7, 11) is 0. The smallest absolute Gasteiger partial charge is 0.323 e. The summed E-state index contributed by atoms with van der Waals surface area (Å²) in [5.74, 6) is -1.18. The molecule has 0 aromatic rings. The van der Waals surface area contributed by atoms with Gasteiger partial charge >= 0.3 is 5.97 Å². The third kappa shape index (κ3) is 1.68. The summed E-state index contributed by atoms with van der Waals surface area (Å²) < 4.78 is 0. The maximum Gasteiger partial charge on any atom is 0.323 e. The Hall–Kier alpha value is -1.10. The molecule has 1 aliphatic rings. The molecule has 1 saturated heterocycles. The number of nitrogens with two attached hydrogens (primary N) is 1. The number of nitrogens with zero attached hydrogens (tertiary/aromatic N) is 1. The van der Waals surface area contributed by atoms with Crippen molar-refractivity contribution in [2.24, 2.45) is 5.73 Å². The largest absolute Gasteiger partial charge is 0.480 e. The number of hydrogen-bond donors (Lipinski definition) is 2. The fraction of sp³-hybridized carbons (Fsp3) is 0.667. The second kappa shape index (κ2) is 2.87. The number of carbonyl (C=O) groups excluding carboxylic acids is 1. The van der Waals surface area contributed by atoms with Gasteiger partial charge in [-0.3, -0.25) is 9.59 Å². The molecule has 11 heavy (non-hydrogen) atoms. The summed E-state index contributed by atoms with van der Waals surface area (Å²) in [5.41, 5.74) is 5.46. The van der Waals surface area contributed by atoms with Gasteiger partial charge in [0, 0.05) is 6.42 Å². The van der Waals surface area contributed by atoms with E-state index < -0.39 is 12.1 Å². The van der Waals surface area contributed by atoms with Gasteiger partial charge in [0.05, 0.1) is 6.17 Å². The van der Waals surface area contributed by atoms with Gasteiger partial charge in [0.2, 0.25) is 5.91 Å². The van der Waals surface area contributed by atoms with E-state index in [4.69, 9.17) is 10.8 Å². The number of aliphatic carboxylic acids is 1. The maximum absolute atomic E-state index is 10.9. The first-order chi connectivity index (χ1) is 5.11. The van der Waals surface area contributed by atoms with E-state index in [1.165, 1.54) is 4.90 Å². The van der Waals surface area contributed by atoms with E-state index in [1.807, 2.05) is 0 Å². The fourth-order valence-corrected chi connectivity index (χ4v) is 1.11. The van der Waals surface area contributed by atoms with Crippen LogP contribution in [0.5, 0.6) is 0 Å². The van der Waals surface area contributed by atoms with Crippen molar-refractivity contribution < 1.29 is 14.7 Å². The molecule has 0 saturated carbocycles. The van der Waals surface area contributed by atoms with Gasteiger partial charge in [0.1, 0.15) is 6.54 Å². The van der Waals surface area contributed by atoms with Crippen LogP contribution >= 0.6 is 0 Å². The van der Waals surface area contributed by atoms with E-state index in [9.17, 15) is 9.59 Å². The normalized spacial score (nSPS) is 24.3. The average molecular weight is 158 g/mol. The summed E-state index contributed by atoms with van der Waals surface area (Å²) in [6.07, 6.45) is 0.527.